The van der Waals surface area contributed by atoms with E-state index in [1.54, 1.807) is 11.0 Å². The van der Waals surface area contributed by atoms with Crippen LogP contribution in [0.2, 0.25) is 0 Å². The van der Waals surface area contributed by atoms with Crippen molar-refractivity contribution in [2.24, 2.45) is 0 Å². The lowest BCUT2D eigenvalue weighted by Crippen LogP contribution is -2.44. The molecule has 1 aliphatic rings. The van der Waals surface area contributed by atoms with Gasteiger partial charge in [0.15, 0.2) is 0 Å². The SMILES string of the molecule is O=CN1CC(c2ccnc(=O)[nH]2)C1. The normalized spacial score (nSPS) is 16.8. The molecule has 5 heteroatoms. The Hall–Kier alpha value is -1.65. The summed E-state index contributed by atoms with van der Waals surface area (Å²) < 4.78 is 0. The molecule has 1 fully saturated rings. The van der Waals surface area contributed by atoms with Crippen molar-refractivity contribution in [3.05, 3.63) is 28.4 Å². The van der Waals surface area contributed by atoms with E-state index in [2.05, 4.69) is 9.97 Å². The maximum absolute atomic E-state index is 10.8. The van der Waals surface area contributed by atoms with Crippen molar-refractivity contribution in [2.45, 2.75) is 5.92 Å². The summed E-state index contributed by atoms with van der Waals surface area (Å²) in [5.74, 6) is 0.265. The number of hydrogen-bond donors (Lipinski definition) is 1. The summed E-state index contributed by atoms with van der Waals surface area (Å²) >= 11 is 0. The van der Waals surface area contributed by atoms with Crippen LogP contribution in [0.15, 0.2) is 17.1 Å². The maximum atomic E-state index is 10.8. The zero-order valence-electron chi connectivity index (χ0n) is 6.93. The fourth-order valence-corrected chi connectivity index (χ4v) is 1.42. The highest BCUT2D eigenvalue weighted by molar-refractivity contribution is 5.49. The smallest absolute Gasteiger partial charge is 0.344 e. The molecule has 13 heavy (non-hydrogen) atoms. The molecule has 0 unspecified atom stereocenters. The van der Waals surface area contributed by atoms with Gasteiger partial charge in [0.2, 0.25) is 6.41 Å². The second-order valence-corrected chi connectivity index (χ2v) is 3.09. The zero-order chi connectivity index (χ0) is 9.26. The molecular formula is C8H9N3O2. The second kappa shape index (κ2) is 3.01. The van der Waals surface area contributed by atoms with Crippen LogP contribution in [0, 0.1) is 0 Å². The Morgan fingerprint density at radius 2 is 2.38 bits per heavy atom. The second-order valence-electron chi connectivity index (χ2n) is 3.09. The fraction of sp³-hybridized carbons (Fsp3) is 0.375. The number of aromatic amines is 1. The molecule has 0 radical (unpaired) electrons. The van der Waals surface area contributed by atoms with Gasteiger partial charge in [0, 0.05) is 30.9 Å². The van der Waals surface area contributed by atoms with Crippen LogP contribution in [-0.4, -0.2) is 34.4 Å². The molecule has 1 saturated heterocycles. The number of rotatable bonds is 2. The number of aromatic nitrogens is 2. The standard InChI is InChI=1S/C8H9N3O2/c12-5-11-3-6(4-11)7-1-2-9-8(13)10-7/h1-2,5-6H,3-4H2,(H,9,10,13). The summed E-state index contributed by atoms with van der Waals surface area (Å²) in [6, 6.07) is 1.77. The van der Waals surface area contributed by atoms with E-state index in [9.17, 15) is 9.59 Å². The lowest BCUT2D eigenvalue weighted by Gasteiger charge is -2.35. The minimum absolute atomic E-state index is 0.265. The van der Waals surface area contributed by atoms with E-state index in [-0.39, 0.29) is 11.6 Å². The molecule has 2 heterocycles. The number of carbonyl (C=O) groups excluding carboxylic acids is 1. The van der Waals surface area contributed by atoms with Gasteiger partial charge in [-0.2, -0.15) is 0 Å². The van der Waals surface area contributed by atoms with E-state index < -0.39 is 0 Å². The maximum Gasteiger partial charge on any atom is 0.345 e. The Labute approximate surface area is 74.4 Å². The van der Waals surface area contributed by atoms with Crippen LogP contribution in [0.4, 0.5) is 0 Å². The van der Waals surface area contributed by atoms with Crippen LogP contribution >= 0.6 is 0 Å². The molecule has 0 saturated carbocycles. The fourth-order valence-electron chi connectivity index (χ4n) is 1.42. The lowest BCUT2D eigenvalue weighted by atomic mass is 9.97. The molecule has 5 nitrogen and oxygen atoms in total. The van der Waals surface area contributed by atoms with Crippen molar-refractivity contribution in [1.82, 2.24) is 14.9 Å². The van der Waals surface area contributed by atoms with Crippen LogP contribution in [0.1, 0.15) is 11.6 Å². The van der Waals surface area contributed by atoms with Crippen LogP contribution in [0.25, 0.3) is 0 Å². The summed E-state index contributed by atoms with van der Waals surface area (Å²) in [7, 11) is 0. The average molecular weight is 179 g/mol. The molecule has 0 spiro atoms. The highest BCUT2D eigenvalue weighted by Gasteiger charge is 2.27. The van der Waals surface area contributed by atoms with E-state index in [0.717, 1.165) is 12.1 Å². The largest absolute Gasteiger partial charge is 0.345 e. The predicted octanol–water partition coefficient (Wildman–Crippen LogP) is -0.675. The van der Waals surface area contributed by atoms with Gasteiger partial charge < -0.3 is 9.88 Å². The monoisotopic (exact) mass is 179 g/mol. The first kappa shape index (κ1) is 7.97. The van der Waals surface area contributed by atoms with E-state index in [1.165, 1.54) is 6.20 Å². The third-order valence-electron chi connectivity index (χ3n) is 2.20. The quantitative estimate of drug-likeness (QED) is 0.612. The van der Waals surface area contributed by atoms with Crippen molar-refractivity contribution in [1.29, 1.82) is 0 Å². The summed E-state index contributed by atoms with van der Waals surface area (Å²) in [5.41, 5.74) is 0.528. The van der Waals surface area contributed by atoms with Gasteiger partial charge in [0.05, 0.1) is 0 Å². The molecular weight excluding hydrogens is 170 g/mol. The van der Waals surface area contributed by atoms with Crippen molar-refractivity contribution in [2.75, 3.05) is 13.1 Å². The Morgan fingerprint density at radius 3 is 3.00 bits per heavy atom. The van der Waals surface area contributed by atoms with Crippen molar-refractivity contribution in [3.8, 4) is 0 Å². The Bertz CT molecular complexity index is 368. The number of H-pyrrole nitrogens is 1. The van der Waals surface area contributed by atoms with E-state index in [0.29, 0.717) is 13.1 Å². The van der Waals surface area contributed by atoms with Crippen molar-refractivity contribution >= 4 is 6.41 Å². The van der Waals surface area contributed by atoms with E-state index in [1.807, 2.05) is 0 Å². The van der Waals surface area contributed by atoms with Gasteiger partial charge in [0.25, 0.3) is 0 Å². The topological polar surface area (TPSA) is 66.1 Å². The molecule has 2 rings (SSSR count). The van der Waals surface area contributed by atoms with Crippen LogP contribution < -0.4 is 5.69 Å². The van der Waals surface area contributed by atoms with Crippen molar-refractivity contribution in [3.63, 3.8) is 0 Å². The van der Waals surface area contributed by atoms with Gasteiger partial charge in [-0.05, 0) is 6.07 Å². The number of hydrogen-bond acceptors (Lipinski definition) is 3. The third-order valence-corrected chi connectivity index (χ3v) is 2.20. The highest BCUT2D eigenvalue weighted by atomic mass is 16.1. The summed E-state index contributed by atoms with van der Waals surface area (Å²) in [6.45, 7) is 1.37. The highest BCUT2D eigenvalue weighted by Crippen LogP contribution is 2.22. The number of amides is 1. The van der Waals surface area contributed by atoms with Gasteiger partial charge in [-0.25, -0.2) is 9.78 Å². The Morgan fingerprint density at radius 1 is 1.62 bits per heavy atom. The molecule has 0 atom stereocenters. The van der Waals surface area contributed by atoms with Crippen molar-refractivity contribution < 1.29 is 4.79 Å². The molecule has 1 aliphatic heterocycles. The molecule has 1 N–H and O–H groups in total. The summed E-state index contributed by atoms with van der Waals surface area (Å²) in [5, 5.41) is 0. The van der Waals surface area contributed by atoms with Crippen LogP contribution in [-0.2, 0) is 4.79 Å². The van der Waals surface area contributed by atoms with Gasteiger partial charge in [-0.15, -0.1) is 0 Å². The third kappa shape index (κ3) is 1.44. The van der Waals surface area contributed by atoms with Gasteiger partial charge in [-0.3, -0.25) is 4.79 Å². The Balaban J connectivity index is 2.11. The molecule has 1 amide bonds. The van der Waals surface area contributed by atoms with E-state index in [4.69, 9.17) is 0 Å². The van der Waals surface area contributed by atoms with Crippen LogP contribution in [0.3, 0.4) is 0 Å². The van der Waals surface area contributed by atoms with Gasteiger partial charge in [0.1, 0.15) is 0 Å². The molecule has 1 aromatic heterocycles. The minimum atomic E-state index is -0.331. The molecule has 0 bridgehead atoms. The number of carbonyl (C=O) groups is 1. The van der Waals surface area contributed by atoms with Crippen LogP contribution in [0.5, 0.6) is 0 Å². The molecule has 1 aromatic rings. The van der Waals surface area contributed by atoms with E-state index >= 15 is 0 Å². The summed E-state index contributed by atoms with van der Waals surface area (Å²) in [4.78, 5) is 28.9. The van der Waals surface area contributed by atoms with Gasteiger partial charge >= 0.3 is 5.69 Å². The van der Waals surface area contributed by atoms with Gasteiger partial charge in [-0.1, -0.05) is 0 Å². The number of nitrogens with one attached hydrogen (secondary N) is 1. The lowest BCUT2D eigenvalue weighted by molar-refractivity contribution is -0.122. The average Bonchev–Trinajstić information content (AvgIpc) is 2.02. The summed E-state index contributed by atoms with van der Waals surface area (Å²) in [6.07, 6.45) is 2.30. The molecule has 0 aliphatic carbocycles. The predicted molar refractivity (Wildman–Crippen MR) is 45.2 cm³/mol. The Kier molecular flexibility index (Phi) is 1.84. The first-order chi connectivity index (χ1) is 6.29. The molecule has 0 aromatic carbocycles. The minimum Gasteiger partial charge on any atom is -0.344 e. The first-order valence-electron chi connectivity index (χ1n) is 4.04. The number of likely N-dealkylation sites (tertiary alicyclic amines) is 1. The number of nitrogens with zero attached hydrogens (tertiary/aromatic N) is 2. The first-order valence-corrected chi connectivity index (χ1v) is 4.04. The molecule has 68 valence electrons. The zero-order valence-corrected chi connectivity index (χ0v) is 6.93.